The number of hydrogen-bond acceptors (Lipinski definition) is 7. The number of hydrogen-bond donors (Lipinski definition) is 0. The van der Waals surface area contributed by atoms with Crippen LogP contribution in [0.4, 0.5) is 0 Å². The summed E-state index contributed by atoms with van der Waals surface area (Å²) >= 11 is 1.52. The number of thiazole rings is 1. The van der Waals surface area contributed by atoms with Gasteiger partial charge in [0.15, 0.2) is 0 Å². The van der Waals surface area contributed by atoms with Crippen LogP contribution in [0.15, 0.2) is 57.6 Å². The van der Waals surface area contributed by atoms with Gasteiger partial charge in [0.05, 0.1) is 27.4 Å². The first kappa shape index (κ1) is 33.0. The molecule has 41 heavy (non-hydrogen) atoms. The quantitative estimate of drug-likeness (QED) is 0.0598. The second-order valence-electron chi connectivity index (χ2n) is 10.8. The van der Waals surface area contributed by atoms with Crippen LogP contribution in [-0.4, -0.2) is 29.9 Å². The molecule has 0 fully saturated rings. The molecule has 0 unspecified atom stereocenters. The molecule has 0 N–H and O–H groups in total. The summed E-state index contributed by atoms with van der Waals surface area (Å²) in [5, 5.41) is 8.68. The van der Waals surface area contributed by atoms with Crippen molar-refractivity contribution in [2.24, 2.45) is 17.3 Å². The summed E-state index contributed by atoms with van der Waals surface area (Å²) in [6, 6.07) is 12.6. The molecule has 0 aliphatic rings. The number of unbranched alkanes of at least 4 members (excludes halogenated alkanes) is 13. The Hall–Kier alpha value is -2.49. The lowest BCUT2D eigenvalue weighted by molar-refractivity contribution is 0.295. The van der Waals surface area contributed by atoms with Gasteiger partial charge in [-0.1, -0.05) is 114 Å². The molecule has 3 aromatic rings. The summed E-state index contributed by atoms with van der Waals surface area (Å²) in [7, 11) is -2.79. The maximum atomic E-state index is 12.0. The fraction of sp³-hybridized carbons (Fsp3) is 0.562. The zero-order valence-corrected chi connectivity index (χ0v) is 26.6. The van der Waals surface area contributed by atoms with Crippen molar-refractivity contribution in [2.75, 3.05) is 6.61 Å². The smallest absolute Gasteiger partial charge is 0.211 e. The third-order valence-electron chi connectivity index (χ3n) is 7.39. The van der Waals surface area contributed by atoms with E-state index in [0.717, 1.165) is 34.3 Å². The average Bonchev–Trinajstić information content (AvgIpc) is 3.28. The first-order valence-electron chi connectivity index (χ1n) is 15.2. The highest BCUT2D eigenvalue weighted by molar-refractivity contribution is 7.85. The molecular weight excluding hydrogens is 555 g/mol. The Labute approximate surface area is 250 Å². The van der Waals surface area contributed by atoms with Crippen molar-refractivity contribution in [1.82, 2.24) is 4.57 Å². The minimum absolute atomic E-state index is 0.0964. The molecule has 7 nitrogen and oxygen atoms in total. The zero-order valence-electron chi connectivity index (χ0n) is 24.9. The van der Waals surface area contributed by atoms with E-state index in [2.05, 4.69) is 17.1 Å². The Morgan fingerprint density at radius 3 is 2.05 bits per heavy atom. The van der Waals surface area contributed by atoms with Crippen LogP contribution in [-0.2, 0) is 17.2 Å². The largest absolute Gasteiger partial charge is 0.744 e. The van der Waals surface area contributed by atoms with E-state index in [9.17, 15) is 13.0 Å². The van der Waals surface area contributed by atoms with E-state index in [0.29, 0.717) is 17.9 Å². The highest BCUT2D eigenvalue weighted by Gasteiger charge is 2.13. The Morgan fingerprint density at radius 1 is 0.878 bits per heavy atom. The van der Waals surface area contributed by atoms with Crippen LogP contribution in [0, 0.1) is 0 Å². The van der Waals surface area contributed by atoms with E-state index >= 15 is 0 Å². The Kier molecular flexibility index (Phi) is 14.1. The van der Waals surface area contributed by atoms with Crippen LogP contribution in [0.3, 0.4) is 0 Å². The van der Waals surface area contributed by atoms with Crippen LogP contribution >= 0.6 is 11.3 Å². The molecule has 226 valence electrons. The third-order valence-corrected chi connectivity index (χ3v) is 9.35. The lowest BCUT2D eigenvalue weighted by Gasteiger charge is -2.15. The van der Waals surface area contributed by atoms with Crippen molar-refractivity contribution in [3.8, 4) is 5.75 Å². The molecule has 0 atom stereocenters. The Balaban J connectivity index is 1.44. The van der Waals surface area contributed by atoms with Crippen molar-refractivity contribution >= 4 is 37.4 Å². The van der Waals surface area contributed by atoms with E-state index in [-0.39, 0.29) is 10.6 Å². The maximum Gasteiger partial charge on any atom is 0.211 e. The van der Waals surface area contributed by atoms with Gasteiger partial charge in [-0.3, -0.25) is 0 Å². The van der Waals surface area contributed by atoms with Crippen molar-refractivity contribution in [3.05, 3.63) is 52.8 Å². The molecule has 0 aliphatic heterocycles. The van der Waals surface area contributed by atoms with Crippen LogP contribution < -0.4 is 9.54 Å². The van der Waals surface area contributed by atoms with E-state index in [1.165, 1.54) is 88.0 Å². The van der Waals surface area contributed by atoms with Crippen LogP contribution in [0.1, 0.15) is 109 Å². The highest BCUT2D eigenvalue weighted by Crippen LogP contribution is 2.26. The first-order chi connectivity index (χ1) is 19.8. The number of fused-ring (bicyclic) bond motifs is 1. The zero-order chi connectivity index (χ0) is 29.5. The molecule has 9 heteroatoms. The molecule has 0 bridgehead atoms. The van der Waals surface area contributed by atoms with Gasteiger partial charge in [0, 0.05) is 7.05 Å². The third kappa shape index (κ3) is 11.0. The number of nitrogens with zero attached hydrogens (tertiary/aromatic N) is 3. The van der Waals surface area contributed by atoms with E-state index in [4.69, 9.17) is 4.74 Å². The van der Waals surface area contributed by atoms with Crippen LogP contribution in [0.2, 0.25) is 0 Å². The summed E-state index contributed by atoms with van der Waals surface area (Å²) in [6.07, 6.45) is 17.7. The number of ether oxygens (including phenoxy) is 1. The van der Waals surface area contributed by atoms with Crippen molar-refractivity contribution in [2.45, 2.75) is 109 Å². The minimum atomic E-state index is -4.71. The lowest BCUT2D eigenvalue weighted by Crippen LogP contribution is -2.10. The van der Waals surface area contributed by atoms with E-state index in [1.807, 2.05) is 35.9 Å². The number of aromatic nitrogens is 1. The van der Waals surface area contributed by atoms with E-state index < -0.39 is 10.1 Å². The van der Waals surface area contributed by atoms with Gasteiger partial charge < -0.3 is 13.9 Å². The maximum absolute atomic E-state index is 12.0. The van der Waals surface area contributed by atoms with Gasteiger partial charge in [-0.25, -0.2) is 8.42 Å². The summed E-state index contributed by atoms with van der Waals surface area (Å²) in [5.74, 6) is 0.0964. The molecule has 0 saturated heterocycles. The van der Waals surface area contributed by atoms with Gasteiger partial charge in [-0.05, 0) is 49.2 Å². The summed E-state index contributed by atoms with van der Waals surface area (Å²) in [6.45, 7) is 4.38. The minimum Gasteiger partial charge on any atom is -0.744 e. The van der Waals surface area contributed by atoms with Gasteiger partial charge in [-0.15, -0.1) is 5.10 Å². The second kappa shape index (κ2) is 17.5. The fourth-order valence-corrected chi connectivity index (χ4v) is 6.49. The fourth-order valence-electron chi connectivity index (χ4n) is 4.88. The topological polar surface area (TPSA) is 96.1 Å². The second-order valence-corrected chi connectivity index (χ2v) is 13.1. The van der Waals surface area contributed by atoms with Crippen molar-refractivity contribution < 1.29 is 17.7 Å². The van der Waals surface area contributed by atoms with Gasteiger partial charge >= 0.3 is 0 Å². The predicted octanol–water partition coefficient (Wildman–Crippen LogP) is 8.33. The predicted molar refractivity (Wildman–Crippen MR) is 169 cm³/mol. The van der Waals surface area contributed by atoms with Gasteiger partial charge in [0.25, 0.3) is 0 Å². The molecule has 0 amide bonds. The summed E-state index contributed by atoms with van der Waals surface area (Å²) in [4.78, 5) is 0.359. The number of para-hydroxylation sites is 1. The molecule has 0 saturated carbocycles. The van der Waals surface area contributed by atoms with Crippen LogP contribution in [0.25, 0.3) is 10.2 Å². The van der Waals surface area contributed by atoms with E-state index in [1.54, 1.807) is 19.1 Å². The molecule has 0 radical (unpaired) electrons. The Bertz CT molecular complexity index is 1420. The number of rotatable bonds is 19. The molecule has 0 spiro atoms. The molecule has 1 aromatic heterocycles. The van der Waals surface area contributed by atoms with Crippen molar-refractivity contribution in [1.29, 1.82) is 0 Å². The molecular formula is C32H46N3O4S2-. The molecule has 1 heterocycles. The molecule has 2 aromatic carbocycles. The van der Waals surface area contributed by atoms with Crippen molar-refractivity contribution in [3.63, 3.8) is 0 Å². The monoisotopic (exact) mass is 600 g/mol. The molecule has 0 aliphatic carbocycles. The summed E-state index contributed by atoms with van der Waals surface area (Å²) < 4.78 is 44.8. The SMILES string of the molecule is CCCCCCCCCCCCCCCCOc1ccc(C(C)=NN=c2sc3ccccc3n2C)cc1S(=O)(=O)[O-]. The highest BCUT2D eigenvalue weighted by atomic mass is 32.2. The van der Waals surface area contributed by atoms with Gasteiger partial charge in [0.1, 0.15) is 15.9 Å². The standard InChI is InChI=1S/C32H47N3O4S2/c1-4-5-6-7-8-9-10-11-12-13-14-15-16-19-24-39-29-23-22-27(25-31(29)41(36,37)38)26(2)33-34-32-35(3)28-20-17-18-21-30(28)40-32/h17-18,20-23,25H,4-16,19,24H2,1-3H3,(H,36,37,38)/p-1. The summed E-state index contributed by atoms with van der Waals surface area (Å²) in [5.41, 5.74) is 2.07. The lowest BCUT2D eigenvalue weighted by atomic mass is 10.0. The van der Waals surface area contributed by atoms with Gasteiger partial charge in [0.2, 0.25) is 4.80 Å². The molecule has 3 rings (SSSR count). The normalized spacial score (nSPS) is 12.9. The van der Waals surface area contributed by atoms with Gasteiger partial charge in [-0.2, -0.15) is 5.10 Å². The average molecular weight is 601 g/mol. The number of aryl methyl sites for hydroxylation is 1. The first-order valence-corrected chi connectivity index (χ1v) is 17.4. The number of benzene rings is 2. The Morgan fingerprint density at radius 2 is 1.46 bits per heavy atom. The van der Waals surface area contributed by atoms with Crippen LogP contribution in [0.5, 0.6) is 5.75 Å².